The molecular weight excluding hydrogens is 186 g/mol. The number of rotatable bonds is 4. The molecule has 0 atom stereocenters. The number of carbonyl (C=O) groups is 1. The van der Waals surface area contributed by atoms with Crippen molar-refractivity contribution in [2.75, 3.05) is 11.4 Å². The first kappa shape index (κ1) is 11.2. The summed E-state index contributed by atoms with van der Waals surface area (Å²) in [6, 6.07) is 7.66. The molecule has 0 aromatic heterocycles. The maximum Gasteiger partial charge on any atom is 0.224 e. The van der Waals surface area contributed by atoms with Gasteiger partial charge in [-0.1, -0.05) is 36.9 Å². The van der Waals surface area contributed by atoms with E-state index in [4.69, 9.17) is 0 Å². The smallest absolute Gasteiger partial charge is 0.224 e. The van der Waals surface area contributed by atoms with Gasteiger partial charge in [0.15, 0.2) is 0 Å². The SMILES string of the molecule is C=CCN(C(C)=O)c1ccccc1C=C. The minimum Gasteiger partial charge on any atom is -0.308 e. The zero-order valence-electron chi connectivity index (χ0n) is 8.94. The lowest BCUT2D eigenvalue weighted by Gasteiger charge is -2.21. The summed E-state index contributed by atoms with van der Waals surface area (Å²) in [5.74, 6) is 0.00389. The van der Waals surface area contributed by atoms with E-state index in [0.29, 0.717) is 6.54 Å². The number of para-hydroxylation sites is 1. The van der Waals surface area contributed by atoms with Crippen molar-refractivity contribution in [3.63, 3.8) is 0 Å². The molecule has 2 heteroatoms. The van der Waals surface area contributed by atoms with E-state index >= 15 is 0 Å². The Hall–Kier alpha value is -1.83. The molecule has 0 saturated carbocycles. The van der Waals surface area contributed by atoms with Gasteiger partial charge in [0.05, 0.1) is 5.69 Å². The van der Waals surface area contributed by atoms with Gasteiger partial charge in [-0.25, -0.2) is 0 Å². The number of hydrogen-bond acceptors (Lipinski definition) is 1. The average Bonchev–Trinajstić information content (AvgIpc) is 2.25. The predicted molar refractivity (Wildman–Crippen MR) is 64.8 cm³/mol. The van der Waals surface area contributed by atoms with Gasteiger partial charge in [-0.2, -0.15) is 0 Å². The largest absolute Gasteiger partial charge is 0.308 e. The van der Waals surface area contributed by atoms with Crippen molar-refractivity contribution in [3.8, 4) is 0 Å². The van der Waals surface area contributed by atoms with Crippen LogP contribution in [0.3, 0.4) is 0 Å². The van der Waals surface area contributed by atoms with Crippen molar-refractivity contribution < 1.29 is 4.79 Å². The Morgan fingerprint density at radius 3 is 2.60 bits per heavy atom. The molecule has 1 amide bonds. The van der Waals surface area contributed by atoms with Crippen LogP contribution in [-0.4, -0.2) is 12.5 Å². The van der Waals surface area contributed by atoms with E-state index in [0.717, 1.165) is 11.3 Å². The molecule has 0 aliphatic rings. The van der Waals surface area contributed by atoms with Crippen LogP contribution in [0, 0.1) is 0 Å². The lowest BCUT2D eigenvalue weighted by Crippen LogP contribution is -2.28. The second-order valence-corrected chi connectivity index (χ2v) is 3.18. The number of anilines is 1. The summed E-state index contributed by atoms with van der Waals surface area (Å²) in [6.45, 7) is 9.43. The van der Waals surface area contributed by atoms with Crippen molar-refractivity contribution in [3.05, 3.63) is 49.1 Å². The van der Waals surface area contributed by atoms with E-state index in [2.05, 4.69) is 13.2 Å². The highest BCUT2D eigenvalue weighted by Gasteiger charge is 2.11. The van der Waals surface area contributed by atoms with Crippen molar-refractivity contribution in [1.29, 1.82) is 0 Å². The highest BCUT2D eigenvalue weighted by Crippen LogP contribution is 2.21. The topological polar surface area (TPSA) is 20.3 Å². The molecule has 1 aromatic carbocycles. The van der Waals surface area contributed by atoms with Gasteiger partial charge in [0.25, 0.3) is 0 Å². The highest BCUT2D eigenvalue weighted by atomic mass is 16.2. The molecule has 0 unspecified atom stereocenters. The van der Waals surface area contributed by atoms with E-state index in [1.165, 1.54) is 0 Å². The van der Waals surface area contributed by atoms with Crippen LogP contribution in [0.1, 0.15) is 12.5 Å². The first-order chi connectivity index (χ1) is 7.20. The predicted octanol–water partition coefficient (Wildman–Crippen LogP) is 2.87. The third kappa shape index (κ3) is 2.56. The highest BCUT2D eigenvalue weighted by molar-refractivity contribution is 5.93. The third-order valence-corrected chi connectivity index (χ3v) is 2.14. The molecule has 2 nitrogen and oxygen atoms in total. The van der Waals surface area contributed by atoms with Crippen LogP contribution in [0.4, 0.5) is 5.69 Å². The van der Waals surface area contributed by atoms with Crippen molar-refractivity contribution in [2.45, 2.75) is 6.92 Å². The molecule has 0 radical (unpaired) electrons. The quantitative estimate of drug-likeness (QED) is 0.686. The Morgan fingerprint density at radius 1 is 1.40 bits per heavy atom. The fourth-order valence-electron chi connectivity index (χ4n) is 1.43. The molecular formula is C13H15NO. The van der Waals surface area contributed by atoms with Crippen LogP contribution in [0.2, 0.25) is 0 Å². The Labute approximate surface area is 90.5 Å². The van der Waals surface area contributed by atoms with E-state index < -0.39 is 0 Å². The monoisotopic (exact) mass is 201 g/mol. The van der Waals surface area contributed by atoms with Crippen LogP contribution in [-0.2, 0) is 4.79 Å². The van der Waals surface area contributed by atoms with Gasteiger partial charge in [-0.05, 0) is 11.6 Å². The van der Waals surface area contributed by atoms with Gasteiger partial charge < -0.3 is 4.90 Å². The zero-order chi connectivity index (χ0) is 11.3. The van der Waals surface area contributed by atoms with Crippen LogP contribution in [0.25, 0.3) is 6.08 Å². The second-order valence-electron chi connectivity index (χ2n) is 3.18. The molecule has 0 aliphatic carbocycles. The lowest BCUT2D eigenvalue weighted by atomic mass is 10.1. The van der Waals surface area contributed by atoms with Gasteiger partial charge >= 0.3 is 0 Å². The molecule has 0 heterocycles. The van der Waals surface area contributed by atoms with Gasteiger partial charge in [-0.3, -0.25) is 4.79 Å². The van der Waals surface area contributed by atoms with Crippen molar-refractivity contribution in [2.24, 2.45) is 0 Å². The maximum atomic E-state index is 11.4. The normalized spacial score (nSPS) is 9.40. The molecule has 0 spiro atoms. The Kier molecular flexibility index (Phi) is 3.86. The van der Waals surface area contributed by atoms with Gasteiger partial charge in [0.1, 0.15) is 0 Å². The summed E-state index contributed by atoms with van der Waals surface area (Å²) in [6.07, 6.45) is 3.45. The van der Waals surface area contributed by atoms with Crippen LogP contribution in [0.5, 0.6) is 0 Å². The number of carbonyl (C=O) groups excluding carboxylic acids is 1. The number of hydrogen-bond donors (Lipinski definition) is 0. The zero-order valence-corrected chi connectivity index (χ0v) is 8.94. The van der Waals surface area contributed by atoms with E-state index in [1.54, 1.807) is 24.0 Å². The molecule has 0 fully saturated rings. The summed E-state index contributed by atoms with van der Waals surface area (Å²) < 4.78 is 0. The van der Waals surface area contributed by atoms with E-state index in [-0.39, 0.29) is 5.91 Å². The fraction of sp³-hybridized carbons (Fsp3) is 0.154. The molecule has 1 rings (SSSR count). The van der Waals surface area contributed by atoms with Crippen LogP contribution in [0.15, 0.2) is 43.5 Å². The maximum absolute atomic E-state index is 11.4. The lowest BCUT2D eigenvalue weighted by molar-refractivity contribution is -0.116. The van der Waals surface area contributed by atoms with E-state index in [1.807, 2.05) is 24.3 Å². The van der Waals surface area contributed by atoms with Gasteiger partial charge in [0, 0.05) is 13.5 Å². The van der Waals surface area contributed by atoms with E-state index in [9.17, 15) is 4.79 Å². The van der Waals surface area contributed by atoms with Gasteiger partial charge in [-0.15, -0.1) is 6.58 Å². The number of nitrogens with zero attached hydrogens (tertiary/aromatic N) is 1. The summed E-state index contributed by atoms with van der Waals surface area (Å²) in [7, 11) is 0. The number of benzene rings is 1. The third-order valence-electron chi connectivity index (χ3n) is 2.14. The minimum atomic E-state index is 0.00389. The molecule has 78 valence electrons. The summed E-state index contributed by atoms with van der Waals surface area (Å²) in [5, 5.41) is 0. The Balaban J connectivity index is 3.14. The van der Waals surface area contributed by atoms with Crippen LogP contribution < -0.4 is 4.90 Å². The van der Waals surface area contributed by atoms with Crippen molar-refractivity contribution in [1.82, 2.24) is 0 Å². The Morgan fingerprint density at radius 2 is 2.07 bits per heavy atom. The minimum absolute atomic E-state index is 0.00389. The summed E-state index contributed by atoms with van der Waals surface area (Å²) in [4.78, 5) is 13.1. The Bertz CT molecular complexity index is 382. The molecule has 0 saturated heterocycles. The summed E-state index contributed by atoms with van der Waals surface area (Å²) in [5.41, 5.74) is 1.83. The van der Waals surface area contributed by atoms with Crippen LogP contribution >= 0.6 is 0 Å². The van der Waals surface area contributed by atoms with Gasteiger partial charge in [0.2, 0.25) is 5.91 Å². The fourth-order valence-corrected chi connectivity index (χ4v) is 1.43. The molecule has 0 N–H and O–H groups in total. The van der Waals surface area contributed by atoms with Crippen molar-refractivity contribution >= 4 is 17.7 Å². The first-order valence-electron chi connectivity index (χ1n) is 4.81. The summed E-state index contributed by atoms with van der Waals surface area (Å²) >= 11 is 0. The number of amides is 1. The molecule has 0 bridgehead atoms. The standard InChI is InChI=1S/C13H15NO/c1-4-10-14(11(3)15)13-9-7-6-8-12(13)5-2/h4-9H,1-2,10H2,3H3. The second kappa shape index (κ2) is 5.15. The first-order valence-corrected chi connectivity index (χ1v) is 4.81. The molecule has 15 heavy (non-hydrogen) atoms. The molecule has 1 aromatic rings. The molecule has 0 aliphatic heterocycles. The average molecular weight is 201 g/mol.